The molecule has 0 bridgehead atoms. The maximum Gasteiger partial charge on any atom is 0.0625 e. The quantitative estimate of drug-likeness (QED) is 0.649. The second-order valence-electron chi connectivity index (χ2n) is 2.11. The minimum absolute atomic E-state index is 0.527. The Morgan fingerprint density at radius 2 is 2.64 bits per heavy atom. The second-order valence-corrected chi connectivity index (χ2v) is 2.11. The molecule has 0 N–H and O–H groups in total. The van der Waals surface area contributed by atoms with E-state index in [1.165, 1.54) is 0 Å². The van der Waals surface area contributed by atoms with Crippen molar-refractivity contribution in [1.82, 2.24) is 9.78 Å². The summed E-state index contributed by atoms with van der Waals surface area (Å²) in [5, 5.41) is 12.3. The van der Waals surface area contributed by atoms with E-state index < -0.39 is 0 Å². The van der Waals surface area contributed by atoms with E-state index in [0.717, 1.165) is 12.1 Å². The summed E-state index contributed by atoms with van der Waals surface area (Å²) in [7, 11) is 0. The molecule has 3 nitrogen and oxygen atoms in total. The van der Waals surface area contributed by atoms with Gasteiger partial charge in [-0.25, -0.2) is 4.68 Å². The fraction of sp³-hybridized carbons (Fsp3) is 0.250. The largest absolute Gasteiger partial charge is 0.246 e. The monoisotopic (exact) mass is 147 g/mol. The molecule has 0 saturated carbocycles. The van der Waals surface area contributed by atoms with Crippen LogP contribution in [0.25, 0.3) is 6.20 Å². The molecule has 1 heterocycles. The third kappa shape index (κ3) is 1.68. The van der Waals surface area contributed by atoms with Gasteiger partial charge in [0.05, 0.1) is 6.07 Å². The predicted molar refractivity (Wildman–Crippen MR) is 42.5 cm³/mol. The molecule has 0 saturated heterocycles. The molecule has 11 heavy (non-hydrogen) atoms. The molecule has 3 heteroatoms. The first kappa shape index (κ1) is 7.55. The van der Waals surface area contributed by atoms with Crippen molar-refractivity contribution < 1.29 is 0 Å². The number of nitrogens with zero attached hydrogens (tertiary/aromatic N) is 3. The van der Waals surface area contributed by atoms with Gasteiger partial charge in [-0.1, -0.05) is 6.58 Å². The van der Waals surface area contributed by atoms with Crippen molar-refractivity contribution in [1.29, 1.82) is 5.26 Å². The van der Waals surface area contributed by atoms with Gasteiger partial charge in [0, 0.05) is 30.9 Å². The molecular formula is C8H9N3. The average molecular weight is 147 g/mol. The Morgan fingerprint density at radius 1 is 1.82 bits per heavy atom. The summed E-state index contributed by atoms with van der Waals surface area (Å²) in [6, 6.07) is 3.97. The fourth-order valence-electron chi connectivity index (χ4n) is 0.888. The van der Waals surface area contributed by atoms with Gasteiger partial charge in [0.25, 0.3) is 0 Å². The van der Waals surface area contributed by atoms with Gasteiger partial charge in [-0.2, -0.15) is 10.4 Å². The highest BCUT2D eigenvalue weighted by Gasteiger charge is 1.96. The van der Waals surface area contributed by atoms with Gasteiger partial charge in [0.15, 0.2) is 0 Å². The third-order valence-electron chi connectivity index (χ3n) is 1.42. The maximum absolute atomic E-state index is 8.32. The molecule has 1 rings (SSSR count). The molecule has 1 aromatic rings. The lowest BCUT2D eigenvalue weighted by molar-refractivity contribution is 0.833. The van der Waals surface area contributed by atoms with Crippen molar-refractivity contribution in [3.8, 4) is 6.07 Å². The van der Waals surface area contributed by atoms with Crippen LogP contribution in [0.2, 0.25) is 0 Å². The van der Waals surface area contributed by atoms with Gasteiger partial charge in [0.2, 0.25) is 0 Å². The number of nitriles is 1. The predicted octanol–water partition coefficient (Wildman–Crippen LogP) is 1.44. The zero-order valence-electron chi connectivity index (χ0n) is 6.20. The normalized spacial score (nSPS) is 9.00. The van der Waals surface area contributed by atoms with Gasteiger partial charge in [0.1, 0.15) is 0 Å². The molecule has 0 amide bonds. The first-order valence-corrected chi connectivity index (χ1v) is 3.40. The Morgan fingerprint density at radius 3 is 3.27 bits per heavy atom. The van der Waals surface area contributed by atoms with Gasteiger partial charge < -0.3 is 0 Å². The van der Waals surface area contributed by atoms with Crippen LogP contribution in [0.3, 0.4) is 0 Å². The molecule has 56 valence electrons. The van der Waals surface area contributed by atoms with Crippen molar-refractivity contribution in [2.45, 2.75) is 12.8 Å². The van der Waals surface area contributed by atoms with E-state index in [-0.39, 0.29) is 0 Å². The second kappa shape index (κ2) is 3.57. The summed E-state index contributed by atoms with van der Waals surface area (Å²) in [6.07, 6.45) is 4.60. The first-order chi connectivity index (χ1) is 5.38. The van der Waals surface area contributed by atoms with Crippen molar-refractivity contribution in [3.05, 3.63) is 24.5 Å². The van der Waals surface area contributed by atoms with Crippen LogP contribution in [0.1, 0.15) is 12.1 Å². The fourth-order valence-corrected chi connectivity index (χ4v) is 0.888. The van der Waals surface area contributed by atoms with Crippen molar-refractivity contribution in [2.75, 3.05) is 0 Å². The lowest BCUT2D eigenvalue weighted by atomic mass is 10.2. The van der Waals surface area contributed by atoms with Gasteiger partial charge in [-0.15, -0.1) is 0 Å². The summed E-state index contributed by atoms with van der Waals surface area (Å²) < 4.78 is 1.68. The number of hydrogen-bond donors (Lipinski definition) is 0. The molecule has 0 aliphatic carbocycles. The zero-order chi connectivity index (χ0) is 8.10. The van der Waals surface area contributed by atoms with Gasteiger partial charge >= 0.3 is 0 Å². The van der Waals surface area contributed by atoms with Crippen LogP contribution in [0.5, 0.6) is 0 Å². The summed E-state index contributed by atoms with van der Waals surface area (Å²) in [4.78, 5) is 0. The minimum atomic E-state index is 0.527. The number of aryl methyl sites for hydroxylation is 1. The van der Waals surface area contributed by atoms with Crippen LogP contribution in [0.15, 0.2) is 18.8 Å². The molecular weight excluding hydrogens is 138 g/mol. The number of rotatable bonds is 3. The molecule has 0 spiro atoms. The van der Waals surface area contributed by atoms with E-state index in [2.05, 4.69) is 17.7 Å². The summed E-state index contributed by atoms with van der Waals surface area (Å²) in [5.41, 5.74) is 1.03. The smallest absolute Gasteiger partial charge is 0.0625 e. The van der Waals surface area contributed by atoms with E-state index in [4.69, 9.17) is 5.26 Å². The molecule has 0 aromatic carbocycles. The Hall–Kier alpha value is -1.56. The van der Waals surface area contributed by atoms with Gasteiger partial charge in [-0.05, 0) is 6.07 Å². The third-order valence-corrected chi connectivity index (χ3v) is 1.42. The summed E-state index contributed by atoms with van der Waals surface area (Å²) in [6.45, 7) is 3.59. The Labute approximate surface area is 65.6 Å². The van der Waals surface area contributed by atoms with Crippen LogP contribution < -0.4 is 0 Å². The lowest BCUT2D eigenvalue weighted by Crippen LogP contribution is -1.95. The zero-order valence-corrected chi connectivity index (χ0v) is 6.20. The van der Waals surface area contributed by atoms with E-state index >= 15 is 0 Å². The molecule has 0 radical (unpaired) electrons. The summed E-state index contributed by atoms with van der Waals surface area (Å²) in [5.74, 6) is 0. The lowest BCUT2D eigenvalue weighted by Gasteiger charge is -1.96. The molecule has 0 fully saturated rings. The van der Waals surface area contributed by atoms with E-state index in [0.29, 0.717) is 6.42 Å². The topological polar surface area (TPSA) is 41.6 Å². The van der Waals surface area contributed by atoms with E-state index in [1.54, 1.807) is 17.1 Å². The van der Waals surface area contributed by atoms with Crippen LogP contribution in [-0.4, -0.2) is 9.78 Å². The van der Waals surface area contributed by atoms with Crippen molar-refractivity contribution >= 4 is 6.20 Å². The van der Waals surface area contributed by atoms with Gasteiger partial charge in [-0.3, -0.25) is 0 Å². The van der Waals surface area contributed by atoms with Crippen LogP contribution in [-0.2, 0) is 6.42 Å². The molecule has 0 aliphatic rings. The molecule has 0 atom stereocenters. The van der Waals surface area contributed by atoms with Crippen LogP contribution >= 0.6 is 0 Å². The first-order valence-electron chi connectivity index (χ1n) is 3.40. The molecule has 0 aliphatic heterocycles. The maximum atomic E-state index is 8.32. The van der Waals surface area contributed by atoms with Crippen molar-refractivity contribution in [2.24, 2.45) is 0 Å². The van der Waals surface area contributed by atoms with Crippen LogP contribution in [0.4, 0.5) is 0 Å². The minimum Gasteiger partial charge on any atom is -0.246 e. The number of aromatic nitrogens is 2. The standard InChI is InChI=1S/C8H9N3/c1-2-11-8(4-3-6-9)5-7-10-11/h2,5,7H,1,3-4H2. The summed E-state index contributed by atoms with van der Waals surface area (Å²) >= 11 is 0. The SMILES string of the molecule is C=Cn1nccc1CCC#N. The molecule has 0 unspecified atom stereocenters. The Kier molecular flexibility index (Phi) is 2.45. The highest BCUT2D eigenvalue weighted by atomic mass is 15.3. The van der Waals surface area contributed by atoms with Crippen LogP contribution in [0, 0.1) is 11.3 Å². The van der Waals surface area contributed by atoms with E-state index in [1.807, 2.05) is 6.07 Å². The highest BCUT2D eigenvalue weighted by molar-refractivity contribution is 5.20. The van der Waals surface area contributed by atoms with E-state index in [9.17, 15) is 0 Å². The molecule has 1 aromatic heterocycles. The average Bonchev–Trinajstić information content (AvgIpc) is 2.47. The Bertz CT molecular complexity index is 280. The van der Waals surface area contributed by atoms with Crippen molar-refractivity contribution in [3.63, 3.8) is 0 Å². The number of hydrogen-bond acceptors (Lipinski definition) is 2. The highest BCUT2D eigenvalue weighted by Crippen LogP contribution is 2.01. The Balaban J connectivity index is 2.70.